The van der Waals surface area contributed by atoms with Crippen LogP contribution in [0.5, 0.6) is 0 Å². The standard InChI is InChI=1S/C14H20N2O3S/c1-11-3-2-4-12(7-11)8-15-14(17)16-9-13-5-6-20(18,19)10-13/h2-4,7,13H,5-6,8-10H2,1H3,(H2,15,16,17). The highest BCUT2D eigenvalue weighted by molar-refractivity contribution is 7.91. The summed E-state index contributed by atoms with van der Waals surface area (Å²) in [4.78, 5) is 11.6. The van der Waals surface area contributed by atoms with Crippen molar-refractivity contribution < 1.29 is 13.2 Å². The summed E-state index contributed by atoms with van der Waals surface area (Å²) >= 11 is 0. The van der Waals surface area contributed by atoms with Gasteiger partial charge in [0.15, 0.2) is 9.84 Å². The molecule has 0 bridgehead atoms. The van der Waals surface area contributed by atoms with Gasteiger partial charge in [0.25, 0.3) is 0 Å². The van der Waals surface area contributed by atoms with Gasteiger partial charge in [0, 0.05) is 13.1 Å². The number of hydrogen-bond acceptors (Lipinski definition) is 3. The normalized spacial score (nSPS) is 20.6. The number of carbonyl (C=O) groups is 1. The van der Waals surface area contributed by atoms with Gasteiger partial charge in [0.1, 0.15) is 0 Å². The molecular weight excluding hydrogens is 276 g/mol. The van der Waals surface area contributed by atoms with Crippen molar-refractivity contribution in [1.82, 2.24) is 10.6 Å². The zero-order valence-electron chi connectivity index (χ0n) is 11.6. The van der Waals surface area contributed by atoms with Crippen molar-refractivity contribution in [3.8, 4) is 0 Å². The van der Waals surface area contributed by atoms with Crippen LogP contribution in [-0.4, -0.2) is 32.5 Å². The molecule has 1 fully saturated rings. The molecule has 1 aromatic carbocycles. The molecule has 1 atom stereocenters. The second-order valence-corrected chi connectivity index (χ2v) is 7.55. The maximum atomic E-state index is 11.6. The van der Waals surface area contributed by atoms with E-state index in [4.69, 9.17) is 0 Å². The minimum atomic E-state index is -2.88. The lowest BCUT2D eigenvalue weighted by Crippen LogP contribution is -2.38. The van der Waals surface area contributed by atoms with Crippen LogP contribution in [0.4, 0.5) is 4.79 Å². The number of nitrogens with one attached hydrogen (secondary N) is 2. The Labute approximate surface area is 119 Å². The van der Waals surface area contributed by atoms with Gasteiger partial charge in [-0.3, -0.25) is 0 Å². The average molecular weight is 296 g/mol. The van der Waals surface area contributed by atoms with Crippen molar-refractivity contribution in [1.29, 1.82) is 0 Å². The fraction of sp³-hybridized carbons (Fsp3) is 0.500. The first-order valence-electron chi connectivity index (χ1n) is 6.72. The maximum Gasteiger partial charge on any atom is 0.315 e. The number of urea groups is 1. The minimum Gasteiger partial charge on any atom is -0.338 e. The monoisotopic (exact) mass is 296 g/mol. The van der Waals surface area contributed by atoms with Gasteiger partial charge in [-0.05, 0) is 24.8 Å². The van der Waals surface area contributed by atoms with Crippen molar-refractivity contribution in [2.24, 2.45) is 5.92 Å². The quantitative estimate of drug-likeness (QED) is 0.877. The molecule has 0 radical (unpaired) electrons. The largest absolute Gasteiger partial charge is 0.338 e. The molecule has 0 saturated carbocycles. The van der Waals surface area contributed by atoms with Crippen molar-refractivity contribution in [3.63, 3.8) is 0 Å². The Morgan fingerprint density at radius 3 is 2.80 bits per heavy atom. The lowest BCUT2D eigenvalue weighted by atomic mass is 10.1. The highest BCUT2D eigenvalue weighted by atomic mass is 32.2. The van der Waals surface area contributed by atoms with Crippen molar-refractivity contribution in [3.05, 3.63) is 35.4 Å². The second kappa shape index (κ2) is 6.26. The second-order valence-electron chi connectivity index (χ2n) is 5.32. The summed E-state index contributed by atoms with van der Waals surface area (Å²) in [5, 5.41) is 5.50. The first kappa shape index (κ1) is 14.8. The Hall–Kier alpha value is -1.56. The van der Waals surface area contributed by atoms with Crippen LogP contribution < -0.4 is 10.6 Å². The van der Waals surface area contributed by atoms with Crippen LogP contribution in [-0.2, 0) is 16.4 Å². The maximum absolute atomic E-state index is 11.6. The van der Waals surface area contributed by atoms with Crippen LogP contribution in [0.15, 0.2) is 24.3 Å². The first-order chi connectivity index (χ1) is 9.44. The Morgan fingerprint density at radius 1 is 1.35 bits per heavy atom. The van der Waals surface area contributed by atoms with Crippen molar-refractivity contribution in [2.75, 3.05) is 18.1 Å². The molecular formula is C14H20N2O3S. The van der Waals surface area contributed by atoms with Crippen LogP contribution >= 0.6 is 0 Å². The van der Waals surface area contributed by atoms with Gasteiger partial charge >= 0.3 is 6.03 Å². The topological polar surface area (TPSA) is 75.3 Å². The Balaban J connectivity index is 1.71. The third-order valence-corrected chi connectivity index (χ3v) is 5.25. The number of hydrogen-bond donors (Lipinski definition) is 2. The number of amides is 2. The Bertz CT molecular complexity index is 584. The van der Waals surface area contributed by atoms with Crippen LogP contribution in [0.3, 0.4) is 0 Å². The van der Waals surface area contributed by atoms with Crippen LogP contribution in [0.1, 0.15) is 17.5 Å². The molecule has 110 valence electrons. The molecule has 0 aromatic heterocycles. The lowest BCUT2D eigenvalue weighted by Gasteiger charge is -2.11. The highest BCUT2D eigenvalue weighted by Gasteiger charge is 2.27. The van der Waals surface area contributed by atoms with E-state index in [9.17, 15) is 13.2 Å². The lowest BCUT2D eigenvalue weighted by molar-refractivity contribution is 0.239. The zero-order valence-corrected chi connectivity index (χ0v) is 12.4. The first-order valence-corrected chi connectivity index (χ1v) is 8.54. The molecule has 0 spiro atoms. The Morgan fingerprint density at radius 2 is 2.15 bits per heavy atom. The zero-order chi connectivity index (χ0) is 14.6. The third-order valence-electron chi connectivity index (χ3n) is 3.41. The van der Waals surface area contributed by atoms with E-state index in [1.165, 1.54) is 0 Å². The molecule has 20 heavy (non-hydrogen) atoms. The number of sulfone groups is 1. The third kappa shape index (κ3) is 4.52. The van der Waals surface area contributed by atoms with Gasteiger partial charge in [-0.25, -0.2) is 13.2 Å². The van der Waals surface area contributed by atoms with Crippen molar-refractivity contribution in [2.45, 2.75) is 19.9 Å². The summed E-state index contributed by atoms with van der Waals surface area (Å²) in [5.74, 6) is 0.472. The highest BCUT2D eigenvalue weighted by Crippen LogP contribution is 2.17. The van der Waals surface area contributed by atoms with E-state index in [-0.39, 0.29) is 23.5 Å². The van der Waals surface area contributed by atoms with E-state index in [1.807, 2.05) is 31.2 Å². The van der Waals surface area contributed by atoms with Gasteiger partial charge in [-0.2, -0.15) is 0 Å². The molecule has 0 aliphatic carbocycles. The molecule has 5 nitrogen and oxygen atoms in total. The number of benzene rings is 1. The summed E-state index contributed by atoms with van der Waals surface area (Å²) in [7, 11) is -2.88. The van der Waals surface area contributed by atoms with Gasteiger partial charge in [-0.1, -0.05) is 29.8 Å². The summed E-state index contributed by atoms with van der Waals surface area (Å²) in [6, 6.07) is 7.68. The van der Waals surface area contributed by atoms with Crippen LogP contribution in [0, 0.1) is 12.8 Å². The molecule has 1 aliphatic heterocycles. The van der Waals surface area contributed by atoms with Crippen LogP contribution in [0.25, 0.3) is 0 Å². The summed E-state index contributed by atoms with van der Waals surface area (Å²) < 4.78 is 22.6. The van der Waals surface area contributed by atoms with E-state index in [0.717, 1.165) is 11.1 Å². The molecule has 6 heteroatoms. The fourth-order valence-electron chi connectivity index (χ4n) is 2.34. The average Bonchev–Trinajstić information content (AvgIpc) is 2.74. The van der Waals surface area contributed by atoms with Crippen LogP contribution in [0.2, 0.25) is 0 Å². The predicted octanol–water partition coefficient (Wildman–Crippen LogP) is 1.23. The number of rotatable bonds is 4. The summed E-state index contributed by atoms with van der Waals surface area (Å²) in [6.45, 7) is 2.89. The number of carbonyl (C=O) groups excluding carboxylic acids is 1. The van der Waals surface area contributed by atoms with E-state index in [2.05, 4.69) is 10.6 Å². The SMILES string of the molecule is Cc1cccc(CNC(=O)NCC2CCS(=O)(=O)C2)c1. The molecule has 2 amide bonds. The van der Waals surface area contributed by atoms with Gasteiger partial charge < -0.3 is 10.6 Å². The smallest absolute Gasteiger partial charge is 0.315 e. The van der Waals surface area contributed by atoms with Gasteiger partial charge in [-0.15, -0.1) is 0 Å². The molecule has 2 rings (SSSR count). The molecule has 1 heterocycles. The molecule has 1 aliphatic rings. The summed E-state index contributed by atoms with van der Waals surface area (Å²) in [6.07, 6.45) is 0.639. The number of aryl methyl sites for hydroxylation is 1. The van der Waals surface area contributed by atoms with E-state index in [0.29, 0.717) is 19.5 Å². The molecule has 1 aromatic rings. The van der Waals surface area contributed by atoms with Gasteiger partial charge in [0.2, 0.25) is 0 Å². The predicted molar refractivity (Wildman–Crippen MR) is 78.2 cm³/mol. The summed E-state index contributed by atoms with van der Waals surface area (Å²) in [5.41, 5.74) is 2.20. The van der Waals surface area contributed by atoms with E-state index in [1.54, 1.807) is 0 Å². The molecule has 2 N–H and O–H groups in total. The minimum absolute atomic E-state index is 0.0460. The van der Waals surface area contributed by atoms with Gasteiger partial charge in [0.05, 0.1) is 11.5 Å². The fourth-order valence-corrected chi connectivity index (χ4v) is 4.20. The Kier molecular flexibility index (Phi) is 4.65. The molecule has 1 unspecified atom stereocenters. The molecule has 1 saturated heterocycles. The van der Waals surface area contributed by atoms with Crippen molar-refractivity contribution >= 4 is 15.9 Å². The van der Waals surface area contributed by atoms with E-state index >= 15 is 0 Å². The van der Waals surface area contributed by atoms with E-state index < -0.39 is 9.84 Å².